The largest absolute Gasteiger partial charge is 0.284 e. The molecule has 0 atom stereocenters. The number of rotatable bonds is 4. The quantitative estimate of drug-likeness (QED) is 0.801. The summed E-state index contributed by atoms with van der Waals surface area (Å²) in [5, 5.41) is 0. The molecular formula is C19H23NO. The van der Waals surface area contributed by atoms with Gasteiger partial charge in [0.05, 0.1) is 0 Å². The van der Waals surface area contributed by atoms with E-state index in [1.165, 1.54) is 0 Å². The minimum absolute atomic E-state index is 0.0676. The Bertz CT molecular complexity index is 675. The molecule has 1 aromatic heterocycles. The van der Waals surface area contributed by atoms with Crippen LogP contribution in [0.1, 0.15) is 44.7 Å². The molecule has 2 heteroatoms. The van der Waals surface area contributed by atoms with Gasteiger partial charge in [-0.2, -0.15) is 0 Å². The van der Waals surface area contributed by atoms with Gasteiger partial charge in [0.25, 0.3) is 5.56 Å². The lowest BCUT2D eigenvalue weighted by molar-refractivity contribution is 0.820. The highest BCUT2D eigenvalue weighted by Crippen LogP contribution is 2.13. The molecule has 0 aliphatic heterocycles. The first kappa shape index (κ1) is 15.3. The van der Waals surface area contributed by atoms with Crippen LogP contribution >= 0.6 is 0 Å². The molecule has 0 spiro atoms. The Morgan fingerprint density at radius 3 is 2.24 bits per heavy atom. The molecule has 0 N–H and O–H groups in total. The van der Waals surface area contributed by atoms with E-state index < -0.39 is 0 Å². The zero-order valence-corrected chi connectivity index (χ0v) is 13.2. The number of hydrogen-bond acceptors (Lipinski definition) is 1. The van der Waals surface area contributed by atoms with Gasteiger partial charge in [-0.3, -0.25) is 9.36 Å². The van der Waals surface area contributed by atoms with E-state index >= 15 is 0 Å². The van der Waals surface area contributed by atoms with Crippen molar-refractivity contribution < 1.29 is 0 Å². The molecule has 2 rings (SSSR count). The Hall–Kier alpha value is -2.09. The van der Waals surface area contributed by atoms with Crippen LogP contribution in [0.3, 0.4) is 0 Å². The van der Waals surface area contributed by atoms with Crippen LogP contribution in [-0.4, -0.2) is 4.57 Å². The van der Waals surface area contributed by atoms with Gasteiger partial charge in [0.15, 0.2) is 0 Å². The summed E-state index contributed by atoms with van der Waals surface area (Å²) in [6, 6.07) is 11.9. The lowest BCUT2D eigenvalue weighted by Crippen LogP contribution is -2.22. The molecule has 0 saturated heterocycles. The molecule has 2 aromatic rings. The second kappa shape index (κ2) is 6.57. The molecule has 2 nitrogen and oxygen atoms in total. The summed E-state index contributed by atoms with van der Waals surface area (Å²) in [6.45, 7) is 8.39. The maximum absolute atomic E-state index is 12.5. The van der Waals surface area contributed by atoms with Crippen LogP contribution in [0.25, 0.3) is 11.8 Å². The smallest absolute Gasteiger partial charge is 0.258 e. The highest BCUT2D eigenvalue weighted by atomic mass is 16.1. The second-order valence-corrected chi connectivity index (χ2v) is 5.99. The topological polar surface area (TPSA) is 22.0 Å². The Balaban J connectivity index is 2.36. The van der Waals surface area contributed by atoms with Crippen molar-refractivity contribution in [3.63, 3.8) is 0 Å². The lowest BCUT2D eigenvalue weighted by Gasteiger charge is -2.10. The first-order chi connectivity index (χ1) is 9.99. The molecule has 0 aliphatic rings. The van der Waals surface area contributed by atoms with Gasteiger partial charge < -0.3 is 0 Å². The van der Waals surface area contributed by atoms with E-state index in [4.69, 9.17) is 0 Å². The third kappa shape index (κ3) is 3.72. The SMILES string of the molecule is CC(C)/C=C/c1ccc(-n2cccc(C(C)C)c2=O)cc1. The maximum atomic E-state index is 12.5. The number of allylic oxidation sites excluding steroid dienone is 1. The third-order valence-electron chi connectivity index (χ3n) is 3.44. The normalized spacial score (nSPS) is 11.7. The summed E-state index contributed by atoms with van der Waals surface area (Å²) in [5.74, 6) is 0.771. The summed E-state index contributed by atoms with van der Waals surface area (Å²) in [6.07, 6.45) is 6.11. The number of aromatic nitrogens is 1. The van der Waals surface area contributed by atoms with Crippen molar-refractivity contribution in [1.82, 2.24) is 4.57 Å². The predicted molar refractivity (Wildman–Crippen MR) is 90.0 cm³/mol. The van der Waals surface area contributed by atoms with Crippen LogP contribution < -0.4 is 5.56 Å². The Morgan fingerprint density at radius 1 is 1.00 bits per heavy atom. The van der Waals surface area contributed by atoms with Gasteiger partial charge in [0.1, 0.15) is 0 Å². The Kier molecular flexibility index (Phi) is 4.79. The molecule has 110 valence electrons. The van der Waals surface area contributed by atoms with Crippen molar-refractivity contribution in [3.8, 4) is 5.69 Å². The average molecular weight is 281 g/mol. The number of pyridine rings is 1. The molecular weight excluding hydrogens is 258 g/mol. The van der Waals surface area contributed by atoms with Crippen LogP contribution in [0.4, 0.5) is 0 Å². The van der Waals surface area contributed by atoms with Crippen LogP contribution in [0.2, 0.25) is 0 Å². The van der Waals surface area contributed by atoms with E-state index in [-0.39, 0.29) is 11.5 Å². The van der Waals surface area contributed by atoms with E-state index in [9.17, 15) is 4.79 Å². The van der Waals surface area contributed by atoms with Gasteiger partial charge in [0, 0.05) is 17.4 Å². The van der Waals surface area contributed by atoms with Gasteiger partial charge in [-0.05, 0) is 35.6 Å². The van der Waals surface area contributed by atoms with E-state index in [1.54, 1.807) is 4.57 Å². The molecule has 0 amide bonds. The second-order valence-electron chi connectivity index (χ2n) is 5.99. The Labute approximate surface area is 126 Å². The highest BCUT2D eigenvalue weighted by molar-refractivity contribution is 5.52. The molecule has 0 fully saturated rings. The minimum atomic E-state index is 0.0676. The fourth-order valence-electron chi connectivity index (χ4n) is 2.20. The summed E-state index contributed by atoms with van der Waals surface area (Å²) in [7, 11) is 0. The number of benzene rings is 1. The molecule has 0 aliphatic carbocycles. The average Bonchev–Trinajstić information content (AvgIpc) is 2.45. The molecule has 21 heavy (non-hydrogen) atoms. The van der Waals surface area contributed by atoms with Gasteiger partial charge in [-0.1, -0.05) is 58.0 Å². The minimum Gasteiger partial charge on any atom is -0.284 e. The zero-order chi connectivity index (χ0) is 15.4. The predicted octanol–water partition coefficient (Wildman–Crippen LogP) is 4.63. The van der Waals surface area contributed by atoms with Gasteiger partial charge in [-0.25, -0.2) is 0 Å². The molecule has 0 radical (unpaired) electrons. The van der Waals surface area contributed by atoms with Crippen molar-refractivity contribution in [1.29, 1.82) is 0 Å². The fraction of sp³-hybridized carbons (Fsp3) is 0.316. The summed E-state index contributed by atoms with van der Waals surface area (Å²) in [4.78, 5) is 12.5. The van der Waals surface area contributed by atoms with Crippen molar-refractivity contribution in [3.05, 3.63) is 70.2 Å². The molecule has 0 unspecified atom stereocenters. The zero-order valence-electron chi connectivity index (χ0n) is 13.2. The molecule has 0 bridgehead atoms. The fourth-order valence-corrected chi connectivity index (χ4v) is 2.20. The van der Waals surface area contributed by atoms with Gasteiger partial charge in [0.2, 0.25) is 0 Å². The summed E-state index contributed by atoms with van der Waals surface area (Å²) < 4.78 is 1.71. The van der Waals surface area contributed by atoms with Crippen molar-refractivity contribution >= 4 is 6.08 Å². The summed E-state index contributed by atoms with van der Waals surface area (Å²) in [5.41, 5.74) is 2.98. The maximum Gasteiger partial charge on any atom is 0.258 e. The van der Waals surface area contributed by atoms with Crippen LogP contribution in [0, 0.1) is 5.92 Å². The van der Waals surface area contributed by atoms with Crippen LogP contribution in [0.5, 0.6) is 0 Å². The van der Waals surface area contributed by atoms with Gasteiger partial charge in [-0.15, -0.1) is 0 Å². The van der Waals surface area contributed by atoms with E-state index in [2.05, 4.69) is 26.0 Å². The summed E-state index contributed by atoms with van der Waals surface area (Å²) >= 11 is 0. The van der Waals surface area contributed by atoms with Crippen molar-refractivity contribution in [2.75, 3.05) is 0 Å². The lowest BCUT2D eigenvalue weighted by atomic mass is 10.1. The van der Waals surface area contributed by atoms with Crippen molar-refractivity contribution in [2.45, 2.75) is 33.6 Å². The van der Waals surface area contributed by atoms with E-state index in [1.807, 2.05) is 56.4 Å². The molecule has 0 saturated carbocycles. The van der Waals surface area contributed by atoms with Gasteiger partial charge >= 0.3 is 0 Å². The number of nitrogens with zero attached hydrogens (tertiary/aromatic N) is 1. The van der Waals surface area contributed by atoms with E-state index in [0.29, 0.717) is 5.92 Å². The first-order valence-electron chi connectivity index (χ1n) is 7.49. The first-order valence-corrected chi connectivity index (χ1v) is 7.49. The van der Waals surface area contributed by atoms with Crippen LogP contribution in [-0.2, 0) is 0 Å². The van der Waals surface area contributed by atoms with Crippen LogP contribution in [0.15, 0.2) is 53.5 Å². The third-order valence-corrected chi connectivity index (χ3v) is 3.44. The molecule has 1 heterocycles. The monoisotopic (exact) mass is 281 g/mol. The molecule has 1 aromatic carbocycles. The standard InChI is InChI=1S/C19H23NO/c1-14(2)7-8-16-9-11-17(12-10-16)20-13-5-6-18(15(3)4)19(20)21/h5-15H,1-4H3/b8-7+. The Morgan fingerprint density at radius 2 is 1.67 bits per heavy atom. The number of hydrogen-bond donors (Lipinski definition) is 0. The van der Waals surface area contributed by atoms with Crippen molar-refractivity contribution in [2.24, 2.45) is 5.92 Å². The highest BCUT2D eigenvalue weighted by Gasteiger charge is 2.07. The van der Waals surface area contributed by atoms with E-state index in [0.717, 1.165) is 16.8 Å².